The van der Waals surface area contributed by atoms with Crippen molar-refractivity contribution in [3.05, 3.63) is 64.1 Å². The summed E-state index contributed by atoms with van der Waals surface area (Å²) < 4.78 is 6.89. The molecule has 3 aromatic rings. The Kier molecular flexibility index (Phi) is 4.72. The number of rotatable bonds is 4. The molecule has 5 nitrogen and oxygen atoms in total. The molecule has 0 saturated heterocycles. The average Bonchev–Trinajstić information content (AvgIpc) is 2.89. The molecule has 1 amide bonds. The SMILES string of the molecule is CCCn1c(=O)oc2cc(NC(=O)c3ccc(C(C)(C)C)cc3)ccc21. The summed E-state index contributed by atoms with van der Waals surface area (Å²) in [4.78, 5) is 24.4. The van der Waals surface area contributed by atoms with E-state index in [0.29, 0.717) is 23.4 Å². The van der Waals surface area contributed by atoms with Crippen molar-refractivity contribution in [3.63, 3.8) is 0 Å². The Morgan fingerprint density at radius 2 is 1.81 bits per heavy atom. The van der Waals surface area contributed by atoms with Crippen molar-refractivity contribution in [2.45, 2.75) is 46.1 Å². The minimum atomic E-state index is -0.372. The van der Waals surface area contributed by atoms with E-state index in [-0.39, 0.29) is 17.1 Å². The zero-order valence-electron chi connectivity index (χ0n) is 15.6. The maximum absolute atomic E-state index is 12.5. The maximum Gasteiger partial charge on any atom is 0.419 e. The number of nitrogens with zero attached hydrogens (tertiary/aromatic N) is 1. The van der Waals surface area contributed by atoms with Crippen molar-refractivity contribution in [1.29, 1.82) is 0 Å². The van der Waals surface area contributed by atoms with Crippen LogP contribution in [0.1, 0.15) is 50.0 Å². The highest BCUT2D eigenvalue weighted by molar-refractivity contribution is 6.04. The number of nitrogens with one attached hydrogen (secondary N) is 1. The topological polar surface area (TPSA) is 64.2 Å². The van der Waals surface area contributed by atoms with E-state index in [4.69, 9.17) is 4.42 Å². The molecule has 26 heavy (non-hydrogen) atoms. The molecule has 0 aliphatic rings. The van der Waals surface area contributed by atoms with Crippen LogP contribution in [-0.2, 0) is 12.0 Å². The van der Waals surface area contributed by atoms with Crippen LogP contribution in [0.2, 0.25) is 0 Å². The van der Waals surface area contributed by atoms with Gasteiger partial charge in [-0.15, -0.1) is 0 Å². The zero-order chi connectivity index (χ0) is 18.9. The third-order valence-electron chi connectivity index (χ3n) is 4.39. The van der Waals surface area contributed by atoms with Crippen LogP contribution in [0, 0.1) is 0 Å². The van der Waals surface area contributed by atoms with E-state index < -0.39 is 0 Å². The standard InChI is InChI=1S/C21H24N2O3/c1-5-12-23-17-11-10-16(13-18(17)26-20(23)25)22-19(24)14-6-8-15(9-7-14)21(2,3)4/h6-11,13H,5,12H2,1-4H3,(H,22,24). The quantitative estimate of drug-likeness (QED) is 0.749. The van der Waals surface area contributed by atoms with Crippen molar-refractivity contribution < 1.29 is 9.21 Å². The molecule has 0 aliphatic carbocycles. The predicted octanol–water partition coefficient (Wildman–Crippen LogP) is 4.55. The Balaban J connectivity index is 1.82. The highest BCUT2D eigenvalue weighted by atomic mass is 16.4. The molecule has 136 valence electrons. The summed E-state index contributed by atoms with van der Waals surface area (Å²) in [6, 6.07) is 12.9. The van der Waals surface area contributed by atoms with Crippen LogP contribution >= 0.6 is 0 Å². The molecule has 5 heteroatoms. The number of carbonyl (C=O) groups excluding carboxylic acids is 1. The van der Waals surface area contributed by atoms with E-state index in [1.807, 2.05) is 31.2 Å². The first-order chi connectivity index (χ1) is 12.3. The highest BCUT2D eigenvalue weighted by Crippen LogP contribution is 2.23. The van der Waals surface area contributed by atoms with Crippen LogP contribution in [0.25, 0.3) is 11.1 Å². The summed E-state index contributed by atoms with van der Waals surface area (Å²) in [5.41, 5.74) is 3.62. The van der Waals surface area contributed by atoms with Gasteiger partial charge in [-0.3, -0.25) is 9.36 Å². The Bertz CT molecular complexity index is 989. The van der Waals surface area contributed by atoms with Crippen LogP contribution in [-0.4, -0.2) is 10.5 Å². The van der Waals surface area contributed by atoms with Crippen molar-refractivity contribution in [2.24, 2.45) is 0 Å². The fourth-order valence-corrected chi connectivity index (χ4v) is 2.90. The molecule has 0 unspecified atom stereocenters. The van der Waals surface area contributed by atoms with Crippen LogP contribution < -0.4 is 11.1 Å². The first-order valence-corrected chi connectivity index (χ1v) is 8.85. The van der Waals surface area contributed by atoms with Gasteiger partial charge in [0.1, 0.15) is 0 Å². The zero-order valence-corrected chi connectivity index (χ0v) is 15.6. The molecule has 0 saturated carbocycles. The second-order valence-corrected chi connectivity index (χ2v) is 7.48. The van der Waals surface area contributed by atoms with E-state index in [2.05, 4.69) is 26.1 Å². The number of aryl methyl sites for hydroxylation is 1. The molecule has 0 fully saturated rings. The number of anilines is 1. The lowest BCUT2D eigenvalue weighted by Crippen LogP contribution is -2.14. The van der Waals surface area contributed by atoms with Crippen LogP contribution in [0.3, 0.4) is 0 Å². The predicted molar refractivity (Wildman–Crippen MR) is 104 cm³/mol. The number of aromatic nitrogens is 1. The molecular formula is C21H24N2O3. The summed E-state index contributed by atoms with van der Waals surface area (Å²) in [5, 5.41) is 2.86. The molecule has 0 aliphatic heterocycles. The molecule has 2 aromatic carbocycles. The van der Waals surface area contributed by atoms with E-state index in [1.165, 1.54) is 5.56 Å². The molecule has 0 radical (unpaired) electrons. The van der Waals surface area contributed by atoms with Gasteiger partial charge in [-0.05, 0) is 41.7 Å². The number of fused-ring (bicyclic) bond motifs is 1. The first-order valence-electron chi connectivity index (χ1n) is 8.85. The van der Waals surface area contributed by atoms with Crippen LogP contribution in [0.5, 0.6) is 0 Å². The Hall–Kier alpha value is -2.82. The molecule has 0 spiro atoms. The Labute approximate surface area is 152 Å². The smallest absolute Gasteiger partial charge is 0.408 e. The summed E-state index contributed by atoms with van der Waals surface area (Å²) in [5.74, 6) is -0.566. The van der Waals surface area contributed by atoms with Gasteiger partial charge in [0.15, 0.2) is 5.58 Å². The van der Waals surface area contributed by atoms with Gasteiger partial charge in [0.2, 0.25) is 0 Å². The van der Waals surface area contributed by atoms with Gasteiger partial charge in [-0.1, -0.05) is 39.8 Å². The molecule has 1 N–H and O–H groups in total. The van der Waals surface area contributed by atoms with Gasteiger partial charge in [-0.25, -0.2) is 4.79 Å². The van der Waals surface area contributed by atoms with Crippen LogP contribution in [0.15, 0.2) is 51.7 Å². The Morgan fingerprint density at radius 3 is 2.42 bits per heavy atom. The van der Waals surface area contributed by atoms with Crippen molar-refractivity contribution in [3.8, 4) is 0 Å². The number of benzene rings is 2. The monoisotopic (exact) mass is 352 g/mol. The lowest BCUT2D eigenvalue weighted by atomic mass is 9.87. The van der Waals surface area contributed by atoms with E-state index in [1.54, 1.807) is 22.8 Å². The maximum atomic E-state index is 12.5. The minimum absolute atomic E-state index is 0.0449. The molecule has 0 atom stereocenters. The first kappa shape index (κ1) is 18.0. The molecule has 1 aromatic heterocycles. The highest BCUT2D eigenvalue weighted by Gasteiger charge is 2.15. The van der Waals surface area contributed by atoms with Gasteiger partial charge in [0, 0.05) is 23.9 Å². The summed E-state index contributed by atoms with van der Waals surface area (Å²) >= 11 is 0. The minimum Gasteiger partial charge on any atom is -0.408 e. The normalized spacial score (nSPS) is 11.7. The van der Waals surface area contributed by atoms with Crippen molar-refractivity contribution >= 4 is 22.7 Å². The third kappa shape index (κ3) is 3.57. The number of carbonyl (C=O) groups is 1. The third-order valence-corrected chi connectivity index (χ3v) is 4.39. The lowest BCUT2D eigenvalue weighted by Gasteiger charge is -2.19. The van der Waals surface area contributed by atoms with Crippen molar-refractivity contribution in [2.75, 3.05) is 5.32 Å². The molecule has 3 rings (SSSR count). The summed E-state index contributed by atoms with van der Waals surface area (Å²) in [7, 11) is 0. The van der Waals surface area contributed by atoms with E-state index in [0.717, 1.165) is 11.9 Å². The van der Waals surface area contributed by atoms with Gasteiger partial charge in [0.25, 0.3) is 5.91 Å². The number of hydrogen-bond donors (Lipinski definition) is 1. The van der Waals surface area contributed by atoms with Gasteiger partial charge >= 0.3 is 5.76 Å². The van der Waals surface area contributed by atoms with Gasteiger partial charge < -0.3 is 9.73 Å². The van der Waals surface area contributed by atoms with Gasteiger partial charge in [0.05, 0.1) is 5.52 Å². The summed E-state index contributed by atoms with van der Waals surface area (Å²) in [6.45, 7) is 9.02. The molecule has 0 bridgehead atoms. The summed E-state index contributed by atoms with van der Waals surface area (Å²) in [6.07, 6.45) is 0.845. The Morgan fingerprint density at radius 1 is 1.12 bits per heavy atom. The molecule has 1 heterocycles. The van der Waals surface area contributed by atoms with E-state index >= 15 is 0 Å². The fraction of sp³-hybridized carbons (Fsp3) is 0.333. The van der Waals surface area contributed by atoms with E-state index in [9.17, 15) is 9.59 Å². The number of hydrogen-bond acceptors (Lipinski definition) is 3. The largest absolute Gasteiger partial charge is 0.419 e. The lowest BCUT2D eigenvalue weighted by molar-refractivity contribution is 0.102. The second kappa shape index (κ2) is 6.83. The number of amides is 1. The second-order valence-electron chi connectivity index (χ2n) is 7.48. The van der Waals surface area contributed by atoms with Gasteiger partial charge in [-0.2, -0.15) is 0 Å². The fourth-order valence-electron chi connectivity index (χ4n) is 2.90. The molecular weight excluding hydrogens is 328 g/mol. The van der Waals surface area contributed by atoms with Crippen molar-refractivity contribution in [1.82, 2.24) is 4.57 Å². The average molecular weight is 352 g/mol. The van der Waals surface area contributed by atoms with Crippen LogP contribution in [0.4, 0.5) is 5.69 Å². The number of oxazole rings is 1.